The molecule has 1 saturated heterocycles. The van der Waals surface area contributed by atoms with E-state index in [-0.39, 0.29) is 38.9 Å². The number of aliphatic carboxylic acids is 1. The topological polar surface area (TPSA) is 215 Å². The molecule has 0 aliphatic carbocycles. The van der Waals surface area contributed by atoms with Crippen LogP contribution in [0.1, 0.15) is 5.69 Å². The van der Waals surface area contributed by atoms with Crippen molar-refractivity contribution in [3.8, 4) is 0 Å². The van der Waals surface area contributed by atoms with E-state index in [9.17, 15) is 29.1 Å². The van der Waals surface area contributed by atoms with Gasteiger partial charge in [-0.1, -0.05) is 16.9 Å². The number of amides is 2. The Balaban J connectivity index is 1.51. The SMILES string of the molecule is CO/N=C(/C(=O)N[C@@H]1C(=O)N2C(C(=O)O)=C(CSc3nc(=O)c(=O)[nH]n3C)CS[C@H]12)c1csc(N)n1. The van der Waals surface area contributed by atoms with Crippen LogP contribution >= 0.6 is 34.9 Å². The lowest BCUT2D eigenvalue weighted by Gasteiger charge is -2.49. The number of carbonyl (C=O) groups is 3. The van der Waals surface area contributed by atoms with Gasteiger partial charge in [0.05, 0.1) is 0 Å². The number of oxime groups is 1. The molecule has 0 saturated carbocycles. The summed E-state index contributed by atoms with van der Waals surface area (Å²) in [4.78, 5) is 74.3. The van der Waals surface area contributed by atoms with Crippen LogP contribution in [0.5, 0.6) is 0 Å². The third kappa shape index (κ3) is 4.73. The van der Waals surface area contributed by atoms with Crippen molar-refractivity contribution in [3.63, 3.8) is 0 Å². The molecule has 2 aliphatic heterocycles. The first kappa shape index (κ1) is 25.5. The molecule has 4 rings (SSSR count). The van der Waals surface area contributed by atoms with E-state index in [2.05, 4.69) is 25.5 Å². The zero-order valence-corrected chi connectivity index (χ0v) is 21.0. The van der Waals surface area contributed by atoms with Crippen molar-refractivity contribution >= 4 is 63.5 Å². The fourth-order valence-corrected chi connectivity index (χ4v) is 6.39. The Labute approximate surface area is 213 Å². The number of hydrogen-bond acceptors (Lipinski definition) is 13. The molecule has 2 amide bonds. The van der Waals surface area contributed by atoms with Crippen molar-refractivity contribution in [2.75, 3.05) is 24.3 Å². The number of thioether (sulfide) groups is 2. The minimum Gasteiger partial charge on any atom is -0.477 e. The Morgan fingerprint density at radius 3 is 2.78 bits per heavy atom. The molecule has 4 heterocycles. The number of carbonyl (C=O) groups excluding carboxylic acids is 2. The third-order valence-corrected chi connectivity index (χ3v) is 8.15. The van der Waals surface area contributed by atoms with Crippen molar-refractivity contribution < 1.29 is 24.3 Å². The molecule has 2 atom stereocenters. The van der Waals surface area contributed by atoms with Crippen LogP contribution in [0.3, 0.4) is 0 Å². The van der Waals surface area contributed by atoms with Crippen molar-refractivity contribution in [1.82, 2.24) is 30.0 Å². The highest BCUT2D eigenvalue weighted by Gasteiger charge is 2.54. The van der Waals surface area contributed by atoms with E-state index < -0.39 is 40.3 Å². The summed E-state index contributed by atoms with van der Waals surface area (Å²) in [6.45, 7) is 0. The van der Waals surface area contributed by atoms with E-state index in [0.29, 0.717) is 5.57 Å². The van der Waals surface area contributed by atoms with E-state index >= 15 is 0 Å². The van der Waals surface area contributed by atoms with Crippen molar-refractivity contribution in [1.29, 1.82) is 0 Å². The smallest absolute Gasteiger partial charge is 0.352 e. The zero-order chi connectivity index (χ0) is 26.1. The molecule has 5 N–H and O–H groups in total. The quantitative estimate of drug-likeness (QED) is 0.0953. The molecule has 2 aromatic heterocycles. The summed E-state index contributed by atoms with van der Waals surface area (Å²) in [6.07, 6.45) is 0. The highest BCUT2D eigenvalue weighted by atomic mass is 32.2. The molecule has 0 bridgehead atoms. The number of aryl methyl sites for hydroxylation is 1. The number of H-pyrrole nitrogens is 1. The summed E-state index contributed by atoms with van der Waals surface area (Å²) in [5.41, 5.74) is 4.00. The van der Waals surface area contributed by atoms with Crippen molar-refractivity contribution in [2.45, 2.75) is 16.6 Å². The molecule has 36 heavy (non-hydrogen) atoms. The monoisotopic (exact) mass is 554 g/mol. The Morgan fingerprint density at radius 1 is 1.39 bits per heavy atom. The van der Waals surface area contributed by atoms with Crippen LogP contribution in [0.2, 0.25) is 0 Å². The average Bonchev–Trinajstić information content (AvgIpc) is 3.27. The molecule has 18 heteroatoms. The molecule has 15 nitrogen and oxygen atoms in total. The number of carboxylic acids is 1. The number of nitrogens with zero attached hydrogens (tertiary/aromatic N) is 5. The number of rotatable bonds is 8. The van der Waals surface area contributed by atoms with Gasteiger partial charge in [-0.2, -0.15) is 4.98 Å². The summed E-state index contributed by atoms with van der Waals surface area (Å²) in [5, 5.41) is 19.6. The fourth-order valence-electron chi connectivity index (χ4n) is 3.44. The minimum atomic E-state index is -1.31. The zero-order valence-electron chi connectivity index (χ0n) is 18.6. The van der Waals surface area contributed by atoms with Gasteiger partial charge in [-0.15, -0.1) is 23.1 Å². The number of nitrogens with one attached hydrogen (secondary N) is 2. The molecule has 2 aromatic rings. The molecule has 0 radical (unpaired) electrons. The highest BCUT2D eigenvalue weighted by molar-refractivity contribution is 8.01. The molecule has 190 valence electrons. The number of carboxylic acid groups (broad SMARTS) is 1. The normalized spacial score (nSPS) is 19.6. The van der Waals surface area contributed by atoms with Crippen molar-refractivity contribution in [3.05, 3.63) is 43.1 Å². The number of aromatic amines is 1. The molecule has 0 aromatic carbocycles. The van der Waals surface area contributed by atoms with Gasteiger partial charge in [0, 0.05) is 23.9 Å². The molecular weight excluding hydrogens is 536 g/mol. The Hall–Kier alpha value is -3.64. The van der Waals surface area contributed by atoms with Gasteiger partial charge in [0.1, 0.15) is 29.9 Å². The summed E-state index contributed by atoms with van der Waals surface area (Å²) in [7, 11) is 2.74. The number of β-lactam (4-membered cyclic amide) rings is 1. The second-order valence-corrected chi connectivity index (χ2v) is 10.2. The lowest BCUT2D eigenvalue weighted by molar-refractivity contribution is -0.150. The van der Waals surface area contributed by atoms with Gasteiger partial charge in [-0.25, -0.2) is 9.78 Å². The number of nitrogen functional groups attached to an aromatic ring is 1. The van der Waals surface area contributed by atoms with E-state index in [4.69, 9.17) is 10.6 Å². The Bertz CT molecular complexity index is 1430. The lowest BCUT2D eigenvalue weighted by Crippen LogP contribution is -2.71. The van der Waals surface area contributed by atoms with E-state index in [1.165, 1.54) is 36.0 Å². The maximum Gasteiger partial charge on any atom is 0.352 e. The Kier molecular flexibility index (Phi) is 7.18. The van der Waals surface area contributed by atoms with Crippen LogP contribution < -0.4 is 22.2 Å². The molecule has 1 fully saturated rings. The number of thiazole rings is 1. The van der Waals surface area contributed by atoms with E-state index in [1.807, 2.05) is 0 Å². The first-order valence-corrected chi connectivity index (χ1v) is 12.9. The maximum atomic E-state index is 12.9. The van der Waals surface area contributed by atoms with E-state index in [0.717, 1.165) is 28.0 Å². The van der Waals surface area contributed by atoms with Gasteiger partial charge < -0.3 is 21.0 Å². The van der Waals surface area contributed by atoms with Crippen LogP contribution in [0.4, 0.5) is 5.13 Å². The van der Waals surface area contributed by atoms with Crippen LogP contribution in [0.25, 0.3) is 0 Å². The molecule has 0 spiro atoms. The van der Waals surface area contributed by atoms with Crippen molar-refractivity contribution in [2.24, 2.45) is 12.2 Å². The Morgan fingerprint density at radius 2 is 2.14 bits per heavy atom. The van der Waals surface area contributed by atoms with Gasteiger partial charge in [-0.3, -0.25) is 33.9 Å². The predicted octanol–water partition coefficient (Wildman–Crippen LogP) is -1.61. The van der Waals surface area contributed by atoms with Crippen LogP contribution in [0, 0.1) is 0 Å². The summed E-state index contributed by atoms with van der Waals surface area (Å²) in [6, 6.07) is -0.995. The third-order valence-electron chi connectivity index (χ3n) is 5.02. The highest BCUT2D eigenvalue weighted by Crippen LogP contribution is 2.41. The van der Waals surface area contributed by atoms with Gasteiger partial charge in [0.25, 0.3) is 11.8 Å². The molecule has 0 unspecified atom stereocenters. The molecule has 2 aliphatic rings. The summed E-state index contributed by atoms with van der Waals surface area (Å²) in [5.74, 6) is -2.30. The van der Waals surface area contributed by atoms with Gasteiger partial charge in [0.15, 0.2) is 16.0 Å². The number of hydrogen-bond donors (Lipinski definition) is 4. The van der Waals surface area contributed by atoms with Crippen LogP contribution in [-0.4, -0.2) is 83.3 Å². The number of nitrogens with two attached hydrogens (primary N) is 1. The van der Waals surface area contributed by atoms with E-state index in [1.54, 1.807) is 0 Å². The first-order valence-electron chi connectivity index (χ1n) is 9.96. The second-order valence-electron chi connectivity index (χ2n) is 7.30. The standard InChI is InChI=1S/C18H18N8O7S3/c1-25-18(22-12(28)13(29)23-25)36-4-6-3-34-15-9(14(30)26(15)10(6)16(31)32)21-11(27)8(24-33-2)7-5-35-17(19)20-7/h5,9,15H,3-4H2,1-2H3,(H2,19,20)(H,21,27)(H,23,29)(H,31,32)/b24-8+/t9-,15-/m1/s1. The second kappa shape index (κ2) is 10.2. The lowest BCUT2D eigenvalue weighted by atomic mass is 10.0. The predicted molar refractivity (Wildman–Crippen MR) is 131 cm³/mol. The number of anilines is 1. The maximum absolute atomic E-state index is 12.9. The first-order chi connectivity index (χ1) is 17.1. The van der Waals surface area contributed by atoms with Gasteiger partial charge in [-0.05, 0) is 5.57 Å². The number of fused-ring (bicyclic) bond motifs is 1. The van der Waals surface area contributed by atoms with Gasteiger partial charge >= 0.3 is 17.1 Å². The summed E-state index contributed by atoms with van der Waals surface area (Å²) < 4.78 is 1.25. The average molecular weight is 555 g/mol. The fraction of sp³-hybridized carbons (Fsp3) is 0.333. The largest absolute Gasteiger partial charge is 0.477 e. The van der Waals surface area contributed by atoms with Crippen LogP contribution in [-0.2, 0) is 26.3 Å². The molecular formula is C18H18N8O7S3. The minimum absolute atomic E-state index is 0.102. The van der Waals surface area contributed by atoms with Gasteiger partial charge in [0.2, 0.25) is 0 Å². The van der Waals surface area contributed by atoms with Crippen LogP contribution in [0.15, 0.2) is 36.6 Å². The summed E-state index contributed by atoms with van der Waals surface area (Å²) >= 11 is 3.41. The number of aromatic nitrogens is 4.